The maximum Gasteiger partial charge on any atom is 0.292 e. The molecule has 2 fully saturated rings. The first-order valence-corrected chi connectivity index (χ1v) is 11.1. The van der Waals surface area contributed by atoms with Gasteiger partial charge in [0.15, 0.2) is 0 Å². The molecule has 2 amide bonds. The Hall–Kier alpha value is -2.91. The molecule has 1 N–H and O–H groups in total. The topological polar surface area (TPSA) is 91.2 Å². The SMILES string of the molecule is Cc1cc(C(=O)N2CCN(CC(=O)Nc3ccc(N4CC(C)OC(C)C4)cc3)CC2)on1. The Kier molecular flexibility index (Phi) is 6.76. The lowest BCUT2D eigenvalue weighted by atomic mass is 10.2. The molecule has 4 rings (SSSR count). The molecule has 32 heavy (non-hydrogen) atoms. The lowest BCUT2D eigenvalue weighted by Crippen LogP contribution is -2.50. The van der Waals surface area contributed by atoms with Gasteiger partial charge in [-0.05, 0) is 45.0 Å². The molecule has 2 saturated heterocycles. The van der Waals surface area contributed by atoms with E-state index in [2.05, 4.69) is 34.1 Å². The first-order valence-electron chi connectivity index (χ1n) is 11.1. The van der Waals surface area contributed by atoms with E-state index in [1.165, 1.54) is 0 Å². The fourth-order valence-corrected chi connectivity index (χ4v) is 4.28. The highest BCUT2D eigenvalue weighted by Crippen LogP contribution is 2.22. The number of benzene rings is 1. The molecular weight excluding hydrogens is 410 g/mol. The van der Waals surface area contributed by atoms with Gasteiger partial charge in [0.2, 0.25) is 11.7 Å². The Morgan fingerprint density at radius 2 is 1.72 bits per heavy atom. The summed E-state index contributed by atoms with van der Waals surface area (Å²) in [6.45, 7) is 10.4. The second-order valence-corrected chi connectivity index (χ2v) is 8.66. The predicted molar refractivity (Wildman–Crippen MR) is 121 cm³/mol. The van der Waals surface area contributed by atoms with E-state index in [9.17, 15) is 9.59 Å². The lowest BCUT2D eigenvalue weighted by molar-refractivity contribution is -0.117. The van der Waals surface area contributed by atoms with Gasteiger partial charge in [0, 0.05) is 56.7 Å². The van der Waals surface area contributed by atoms with Crippen molar-refractivity contribution in [3.8, 4) is 0 Å². The molecule has 0 aliphatic carbocycles. The molecule has 2 atom stereocenters. The van der Waals surface area contributed by atoms with Gasteiger partial charge in [-0.1, -0.05) is 5.16 Å². The molecule has 2 aromatic rings. The first-order chi connectivity index (χ1) is 15.4. The van der Waals surface area contributed by atoms with Crippen LogP contribution in [0.15, 0.2) is 34.9 Å². The Labute approximate surface area is 188 Å². The summed E-state index contributed by atoms with van der Waals surface area (Å²) in [6, 6.07) is 9.60. The molecule has 3 heterocycles. The van der Waals surface area contributed by atoms with E-state index in [1.54, 1.807) is 17.9 Å². The Balaban J connectivity index is 1.23. The van der Waals surface area contributed by atoms with Crippen molar-refractivity contribution >= 4 is 23.2 Å². The van der Waals surface area contributed by atoms with E-state index < -0.39 is 0 Å². The van der Waals surface area contributed by atoms with Crippen LogP contribution in [0.25, 0.3) is 0 Å². The van der Waals surface area contributed by atoms with E-state index >= 15 is 0 Å². The normalized spacial score (nSPS) is 22.1. The van der Waals surface area contributed by atoms with Crippen LogP contribution >= 0.6 is 0 Å². The number of hydrogen-bond acceptors (Lipinski definition) is 7. The smallest absolute Gasteiger partial charge is 0.292 e. The minimum absolute atomic E-state index is 0.0583. The van der Waals surface area contributed by atoms with Crippen molar-refractivity contribution in [2.45, 2.75) is 33.0 Å². The largest absolute Gasteiger partial charge is 0.372 e. The third kappa shape index (κ3) is 5.46. The number of nitrogens with zero attached hydrogens (tertiary/aromatic N) is 4. The van der Waals surface area contributed by atoms with Crippen LogP contribution in [-0.4, -0.2) is 84.8 Å². The van der Waals surface area contributed by atoms with Crippen molar-refractivity contribution < 1.29 is 18.8 Å². The molecule has 0 spiro atoms. The summed E-state index contributed by atoms with van der Waals surface area (Å²) in [6.07, 6.45) is 0.405. The summed E-state index contributed by atoms with van der Waals surface area (Å²) in [7, 11) is 0. The Morgan fingerprint density at radius 1 is 1.06 bits per heavy atom. The number of nitrogens with one attached hydrogen (secondary N) is 1. The summed E-state index contributed by atoms with van der Waals surface area (Å²) in [5.74, 6) is 0.0500. The number of carbonyl (C=O) groups excluding carboxylic acids is 2. The van der Waals surface area contributed by atoms with Crippen LogP contribution in [0.5, 0.6) is 0 Å². The summed E-state index contributed by atoms with van der Waals surface area (Å²) in [5, 5.41) is 6.74. The zero-order valence-corrected chi connectivity index (χ0v) is 18.9. The molecule has 2 aliphatic heterocycles. The number of carbonyl (C=O) groups is 2. The van der Waals surface area contributed by atoms with Gasteiger partial charge >= 0.3 is 0 Å². The third-order valence-electron chi connectivity index (χ3n) is 5.80. The summed E-state index contributed by atoms with van der Waals surface area (Å²) >= 11 is 0. The Bertz CT molecular complexity index is 926. The van der Waals surface area contributed by atoms with Gasteiger partial charge in [-0.15, -0.1) is 0 Å². The first kappa shape index (κ1) is 22.3. The zero-order valence-electron chi connectivity index (χ0n) is 18.9. The standard InChI is InChI=1S/C23H31N5O4/c1-16-12-21(32-25-16)23(30)27-10-8-26(9-11-27)15-22(29)24-19-4-6-20(7-5-19)28-13-17(2)31-18(3)14-28/h4-7,12,17-18H,8-11,13-15H2,1-3H3,(H,24,29). The fourth-order valence-electron chi connectivity index (χ4n) is 4.28. The van der Waals surface area contributed by atoms with Gasteiger partial charge in [0.1, 0.15) is 0 Å². The number of hydrogen-bond donors (Lipinski definition) is 1. The van der Waals surface area contributed by atoms with Crippen LogP contribution in [0, 0.1) is 6.92 Å². The van der Waals surface area contributed by atoms with Crippen LogP contribution in [0.1, 0.15) is 30.1 Å². The van der Waals surface area contributed by atoms with Crippen LogP contribution in [0.3, 0.4) is 0 Å². The van der Waals surface area contributed by atoms with E-state index in [-0.39, 0.29) is 29.8 Å². The maximum absolute atomic E-state index is 12.5. The van der Waals surface area contributed by atoms with E-state index in [0.29, 0.717) is 38.4 Å². The molecule has 1 aromatic carbocycles. The van der Waals surface area contributed by atoms with Crippen molar-refractivity contribution in [2.24, 2.45) is 0 Å². The molecule has 0 saturated carbocycles. The molecule has 2 aliphatic rings. The summed E-state index contributed by atoms with van der Waals surface area (Å²) in [4.78, 5) is 31.1. The number of aryl methyl sites for hydroxylation is 1. The van der Waals surface area contributed by atoms with Gasteiger partial charge in [-0.3, -0.25) is 14.5 Å². The molecular formula is C23H31N5O4. The van der Waals surface area contributed by atoms with Crippen LogP contribution in [0.2, 0.25) is 0 Å². The highest BCUT2D eigenvalue weighted by atomic mass is 16.5. The second kappa shape index (κ2) is 9.70. The quantitative estimate of drug-likeness (QED) is 0.759. The maximum atomic E-state index is 12.5. The van der Waals surface area contributed by atoms with Crippen LogP contribution < -0.4 is 10.2 Å². The average Bonchev–Trinajstić information content (AvgIpc) is 3.20. The number of ether oxygens (including phenoxy) is 1. The van der Waals surface area contributed by atoms with Gasteiger partial charge in [0.05, 0.1) is 24.4 Å². The number of rotatable bonds is 5. The van der Waals surface area contributed by atoms with Crippen molar-refractivity contribution in [2.75, 3.05) is 56.0 Å². The molecule has 172 valence electrons. The highest BCUT2D eigenvalue weighted by molar-refractivity contribution is 5.93. The van der Waals surface area contributed by atoms with Crippen LogP contribution in [0.4, 0.5) is 11.4 Å². The lowest BCUT2D eigenvalue weighted by Gasteiger charge is -2.36. The fraction of sp³-hybridized carbons (Fsp3) is 0.522. The minimum atomic E-state index is -0.154. The zero-order chi connectivity index (χ0) is 22.7. The van der Waals surface area contributed by atoms with Gasteiger partial charge < -0.3 is 24.4 Å². The van der Waals surface area contributed by atoms with E-state index in [4.69, 9.17) is 9.26 Å². The number of piperazine rings is 1. The molecule has 9 nitrogen and oxygen atoms in total. The van der Waals surface area contributed by atoms with E-state index in [0.717, 1.165) is 24.5 Å². The molecule has 9 heteroatoms. The average molecular weight is 442 g/mol. The van der Waals surface area contributed by atoms with Crippen molar-refractivity contribution in [1.82, 2.24) is 15.0 Å². The van der Waals surface area contributed by atoms with Gasteiger partial charge in [-0.25, -0.2) is 0 Å². The number of anilines is 2. The van der Waals surface area contributed by atoms with E-state index in [1.807, 2.05) is 24.3 Å². The number of aromatic nitrogens is 1. The van der Waals surface area contributed by atoms with Crippen molar-refractivity contribution in [1.29, 1.82) is 0 Å². The molecule has 0 radical (unpaired) electrons. The van der Waals surface area contributed by atoms with Crippen LogP contribution in [-0.2, 0) is 9.53 Å². The Morgan fingerprint density at radius 3 is 2.31 bits per heavy atom. The minimum Gasteiger partial charge on any atom is -0.372 e. The summed E-state index contributed by atoms with van der Waals surface area (Å²) in [5.41, 5.74) is 2.60. The van der Waals surface area contributed by atoms with Crippen molar-refractivity contribution in [3.05, 3.63) is 41.8 Å². The highest BCUT2D eigenvalue weighted by Gasteiger charge is 2.26. The molecule has 2 unspecified atom stereocenters. The van der Waals surface area contributed by atoms with Crippen molar-refractivity contribution in [3.63, 3.8) is 0 Å². The van der Waals surface area contributed by atoms with Gasteiger partial charge in [-0.2, -0.15) is 0 Å². The third-order valence-corrected chi connectivity index (χ3v) is 5.80. The van der Waals surface area contributed by atoms with Gasteiger partial charge in [0.25, 0.3) is 5.91 Å². The number of amides is 2. The predicted octanol–water partition coefficient (Wildman–Crippen LogP) is 1.99. The number of morpholine rings is 1. The summed E-state index contributed by atoms with van der Waals surface area (Å²) < 4.78 is 10.9. The molecule has 1 aromatic heterocycles. The molecule has 0 bridgehead atoms. The monoisotopic (exact) mass is 441 g/mol. The second-order valence-electron chi connectivity index (χ2n) is 8.66.